The summed E-state index contributed by atoms with van der Waals surface area (Å²) in [5.74, 6) is -0.00670. The van der Waals surface area contributed by atoms with E-state index in [0.29, 0.717) is 16.3 Å². The number of carbonyl (C=O) groups is 1. The third-order valence-electron chi connectivity index (χ3n) is 5.29. The van der Waals surface area contributed by atoms with E-state index in [2.05, 4.69) is 15.0 Å². The van der Waals surface area contributed by atoms with Crippen LogP contribution in [0.4, 0.5) is 4.39 Å². The molecular formula is C26H21ClFN3O4S. The first-order valence-electron chi connectivity index (χ1n) is 10.8. The molecule has 4 aromatic rings. The number of halogens is 2. The topological polar surface area (TPSA) is 97.4 Å². The van der Waals surface area contributed by atoms with Crippen LogP contribution >= 0.6 is 11.6 Å². The number of hydrogen-bond donors (Lipinski definition) is 2. The van der Waals surface area contributed by atoms with Crippen molar-refractivity contribution in [3.63, 3.8) is 0 Å². The van der Waals surface area contributed by atoms with Crippen LogP contribution < -0.4 is 14.8 Å². The average Bonchev–Trinajstić information content (AvgIpc) is 2.89. The van der Waals surface area contributed by atoms with Crippen molar-refractivity contribution in [1.82, 2.24) is 15.0 Å². The van der Waals surface area contributed by atoms with Gasteiger partial charge < -0.3 is 10.1 Å². The molecule has 1 aromatic heterocycles. The molecule has 184 valence electrons. The zero-order valence-electron chi connectivity index (χ0n) is 19.0. The van der Waals surface area contributed by atoms with E-state index in [4.69, 9.17) is 16.3 Å². The van der Waals surface area contributed by atoms with Crippen molar-refractivity contribution in [2.24, 2.45) is 0 Å². The Balaban J connectivity index is 1.35. The Morgan fingerprint density at radius 1 is 0.972 bits per heavy atom. The van der Waals surface area contributed by atoms with Gasteiger partial charge in [-0.2, -0.15) is 0 Å². The van der Waals surface area contributed by atoms with Crippen LogP contribution in [-0.4, -0.2) is 26.4 Å². The van der Waals surface area contributed by atoms with Crippen molar-refractivity contribution >= 4 is 27.5 Å². The molecule has 0 radical (unpaired) electrons. The lowest BCUT2D eigenvalue weighted by molar-refractivity contribution is 0.0950. The number of nitrogens with one attached hydrogen (secondary N) is 2. The van der Waals surface area contributed by atoms with Gasteiger partial charge in [-0.25, -0.2) is 22.5 Å². The van der Waals surface area contributed by atoms with Gasteiger partial charge in [-0.15, -0.1) is 0 Å². The van der Waals surface area contributed by atoms with Crippen LogP contribution in [0.15, 0.2) is 90.0 Å². The second-order valence-electron chi connectivity index (χ2n) is 7.66. The molecular weight excluding hydrogens is 505 g/mol. The molecule has 0 aliphatic carbocycles. The Morgan fingerprint density at radius 3 is 2.28 bits per heavy atom. The van der Waals surface area contributed by atoms with Gasteiger partial charge in [0.15, 0.2) is 0 Å². The van der Waals surface area contributed by atoms with Gasteiger partial charge in [0.2, 0.25) is 15.9 Å². The second kappa shape index (κ2) is 10.9. The van der Waals surface area contributed by atoms with E-state index in [1.165, 1.54) is 55.7 Å². The lowest BCUT2D eigenvalue weighted by atomic mass is 10.0. The van der Waals surface area contributed by atoms with Gasteiger partial charge in [-0.1, -0.05) is 35.9 Å². The molecule has 0 unspecified atom stereocenters. The van der Waals surface area contributed by atoms with Crippen molar-refractivity contribution in [3.8, 4) is 22.8 Å². The van der Waals surface area contributed by atoms with E-state index >= 15 is 0 Å². The summed E-state index contributed by atoms with van der Waals surface area (Å²) in [6, 6.07) is 20.5. The molecule has 0 aliphatic heterocycles. The van der Waals surface area contributed by atoms with E-state index in [0.717, 1.165) is 16.7 Å². The average molecular weight is 526 g/mol. The number of pyridine rings is 1. The smallest absolute Gasteiger partial charge is 0.253 e. The maximum Gasteiger partial charge on any atom is 0.253 e. The van der Waals surface area contributed by atoms with E-state index in [1.807, 2.05) is 12.1 Å². The first-order valence-corrected chi connectivity index (χ1v) is 12.6. The fraction of sp³-hybridized carbons (Fsp3) is 0.0769. The predicted molar refractivity (Wildman–Crippen MR) is 135 cm³/mol. The Morgan fingerprint density at radius 2 is 1.67 bits per heavy atom. The summed E-state index contributed by atoms with van der Waals surface area (Å²) in [4.78, 5) is 16.8. The molecule has 0 aliphatic rings. The molecule has 0 fully saturated rings. The normalized spacial score (nSPS) is 11.2. The van der Waals surface area contributed by atoms with Crippen molar-refractivity contribution < 1.29 is 22.3 Å². The van der Waals surface area contributed by atoms with E-state index < -0.39 is 10.0 Å². The molecule has 1 heterocycles. The minimum absolute atomic E-state index is 0.113. The number of amides is 1. The monoisotopic (exact) mass is 525 g/mol. The number of carbonyl (C=O) groups excluding carboxylic acids is 1. The highest BCUT2D eigenvalue weighted by atomic mass is 35.5. The fourth-order valence-electron chi connectivity index (χ4n) is 3.29. The summed E-state index contributed by atoms with van der Waals surface area (Å²) in [6.07, 6.45) is 1.38. The van der Waals surface area contributed by atoms with Gasteiger partial charge >= 0.3 is 0 Å². The second-order valence-corrected chi connectivity index (χ2v) is 9.96. The van der Waals surface area contributed by atoms with Crippen molar-refractivity contribution in [2.75, 3.05) is 7.05 Å². The number of rotatable bonds is 8. The number of aromatic nitrogens is 1. The van der Waals surface area contributed by atoms with Gasteiger partial charge in [0.1, 0.15) is 11.6 Å². The summed E-state index contributed by atoms with van der Waals surface area (Å²) in [5.41, 5.74) is 2.73. The summed E-state index contributed by atoms with van der Waals surface area (Å²) in [7, 11) is -2.20. The molecule has 0 atom stereocenters. The maximum atomic E-state index is 13.1. The van der Waals surface area contributed by atoms with Crippen LogP contribution in [0.5, 0.6) is 11.6 Å². The van der Waals surface area contributed by atoms with E-state index in [9.17, 15) is 17.6 Å². The highest BCUT2D eigenvalue weighted by Crippen LogP contribution is 2.26. The predicted octanol–water partition coefficient (Wildman–Crippen LogP) is 5.17. The zero-order valence-corrected chi connectivity index (χ0v) is 20.6. The Bertz CT molecular complexity index is 1480. The van der Waals surface area contributed by atoms with Gasteiger partial charge in [-0.05, 0) is 72.3 Å². The van der Waals surface area contributed by atoms with Gasteiger partial charge in [0.25, 0.3) is 5.91 Å². The largest absolute Gasteiger partial charge is 0.439 e. The minimum atomic E-state index is -3.53. The van der Waals surface area contributed by atoms with Gasteiger partial charge in [0.05, 0.1) is 10.5 Å². The first kappa shape index (κ1) is 25.3. The quantitative estimate of drug-likeness (QED) is 0.331. The number of hydrogen-bond acceptors (Lipinski definition) is 5. The van der Waals surface area contributed by atoms with Crippen LogP contribution in [0.25, 0.3) is 11.1 Å². The molecule has 4 rings (SSSR count). The summed E-state index contributed by atoms with van der Waals surface area (Å²) in [5, 5.41) is 3.28. The standard InChI is InChI=1S/C26H21ClFN3O4S/c1-29-36(33,34)23-11-9-22(10-12-23)35-25-13-6-20(16-30-25)26(32)31-15-19-3-2-18(14-24(19)27)17-4-7-21(28)8-5-17/h2-14,16,29H,15H2,1H3,(H,31,32). The number of ether oxygens (including phenoxy) is 1. The van der Waals surface area contributed by atoms with Crippen LogP contribution in [0.1, 0.15) is 15.9 Å². The zero-order chi connectivity index (χ0) is 25.7. The van der Waals surface area contributed by atoms with Crippen molar-refractivity contribution in [2.45, 2.75) is 11.4 Å². The van der Waals surface area contributed by atoms with Crippen molar-refractivity contribution in [3.05, 3.63) is 107 Å². The number of benzene rings is 3. The molecule has 0 spiro atoms. The first-order chi connectivity index (χ1) is 17.2. The minimum Gasteiger partial charge on any atom is -0.439 e. The molecule has 1 amide bonds. The molecule has 0 saturated heterocycles. The van der Waals surface area contributed by atoms with Crippen molar-refractivity contribution in [1.29, 1.82) is 0 Å². The third kappa shape index (κ3) is 6.06. The lowest BCUT2D eigenvalue weighted by Gasteiger charge is -2.10. The number of nitrogens with zero attached hydrogens (tertiary/aromatic N) is 1. The summed E-state index contributed by atoms with van der Waals surface area (Å²) in [6.45, 7) is 0.210. The number of sulfonamides is 1. The summed E-state index contributed by atoms with van der Waals surface area (Å²) >= 11 is 6.39. The molecule has 2 N–H and O–H groups in total. The van der Waals surface area contributed by atoms with Crippen LogP contribution in [0.2, 0.25) is 5.02 Å². The molecule has 0 saturated carbocycles. The molecule has 36 heavy (non-hydrogen) atoms. The SMILES string of the molecule is CNS(=O)(=O)c1ccc(Oc2ccc(C(=O)NCc3ccc(-c4ccc(F)cc4)cc3Cl)cn2)cc1. The lowest BCUT2D eigenvalue weighted by Crippen LogP contribution is -2.23. The van der Waals surface area contributed by atoms with Crippen LogP contribution in [0, 0.1) is 5.82 Å². The summed E-state index contributed by atoms with van der Waals surface area (Å²) < 4.78 is 44.6. The fourth-order valence-corrected chi connectivity index (χ4v) is 4.27. The van der Waals surface area contributed by atoms with Gasteiger partial charge in [0, 0.05) is 23.8 Å². The maximum absolute atomic E-state index is 13.1. The van der Waals surface area contributed by atoms with Gasteiger partial charge in [-0.3, -0.25) is 4.79 Å². The molecule has 3 aromatic carbocycles. The molecule has 7 nitrogen and oxygen atoms in total. The third-order valence-corrected chi connectivity index (χ3v) is 7.08. The van der Waals surface area contributed by atoms with E-state index in [1.54, 1.807) is 24.3 Å². The Labute approximate surface area is 213 Å². The Hall–Kier alpha value is -3.79. The molecule has 0 bridgehead atoms. The van der Waals surface area contributed by atoms with Crippen LogP contribution in [-0.2, 0) is 16.6 Å². The Kier molecular flexibility index (Phi) is 7.64. The highest BCUT2D eigenvalue weighted by molar-refractivity contribution is 7.89. The van der Waals surface area contributed by atoms with E-state index in [-0.39, 0.29) is 29.0 Å². The molecule has 10 heteroatoms. The highest BCUT2D eigenvalue weighted by Gasteiger charge is 2.12. The van der Waals surface area contributed by atoms with Crippen LogP contribution in [0.3, 0.4) is 0 Å².